The summed E-state index contributed by atoms with van der Waals surface area (Å²) in [6, 6.07) is 14.7. The van der Waals surface area contributed by atoms with Crippen LogP contribution in [0, 0.1) is 0 Å². The summed E-state index contributed by atoms with van der Waals surface area (Å²) in [6.45, 7) is 4.24. The van der Waals surface area contributed by atoms with Crippen LogP contribution in [-0.4, -0.2) is 46.4 Å². The van der Waals surface area contributed by atoms with Crippen molar-refractivity contribution in [1.82, 2.24) is 9.80 Å². The van der Waals surface area contributed by atoms with Gasteiger partial charge in [0, 0.05) is 36.1 Å². The number of unbranched alkanes of at least 4 members (excludes halogenated alkanes) is 3. The van der Waals surface area contributed by atoms with Gasteiger partial charge < -0.3 is 14.9 Å². The molecule has 2 amide bonds. The highest BCUT2D eigenvalue weighted by Crippen LogP contribution is 2.52. The van der Waals surface area contributed by atoms with E-state index < -0.39 is 11.5 Å². The summed E-state index contributed by atoms with van der Waals surface area (Å²) >= 11 is 3.56. The lowest BCUT2D eigenvalue weighted by Crippen LogP contribution is -2.58. The van der Waals surface area contributed by atoms with E-state index in [1.807, 2.05) is 46.2 Å². The van der Waals surface area contributed by atoms with Gasteiger partial charge in [-0.15, -0.1) is 0 Å². The molecule has 5 nitrogen and oxygen atoms in total. The number of phenols is 1. The van der Waals surface area contributed by atoms with Crippen LogP contribution in [0.15, 0.2) is 53.0 Å². The zero-order chi connectivity index (χ0) is 24.1. The normalized spacial score (nSPS) is 22.9. The summed E-state index contributed by atoms with van der Waals surface area (Å²) in [4.78, 5) is 31.7. The van der Waals surface area contributed by atoms with Crippen molar-refractivity contribution >= 4 is 27.7 Å². The molecule has 0 bridgehead atoms. The number of rotatable bonds is 8. The van der Waals surface area contributed by atoms with Gasteiger partial charge in [-0.2, -0.15) is 0 Å². The molecule has 34 heavy (non-hydrogen) atoms. The topological polar surface area (TPSA) is 60.9 Å². The number of halogens is 1. The van der Waals surface area contributed by atoms with E-state index in [1.165, 1.54) is 0 Å². The molecule has 182 valence electrons. The molecule has 2 fully saturated rings. The summed E-state index contributed by atoms with van der Waals surface area (Å²) < 4.78 is 0.819. The highest BCUT2D eigenvalue weighted by molar-refractivity contribution is 9.10. The number of nitrogens with zero attached hydrogens (tertiary/aromatic N) is 2. The van der Waals surface area contributed by atoms with Crippen molar-refractivity contribution in [3.63, 3.8) is 0 Å². The molecule has 2 unspecified atom stereocenters. The van der Waals surface area contributed by atoms with E-state index in [1.54, 1.807) is 12.1 Å². The minimum Gasteiger partial charge on any atom is -0.508 e. The third kappa shape index (κ3) is 4.74. The highest BCUT2D eigenvalue weighted by atomic mass is 79.9. The Kier molecular flexibility index (Phi) is 7.97. The fraction of sp³-hybridized carbons (Fsp3) is 0.500. The molecule has 2 saturated heterocycles. The van der Waals surface area contributed by atoms with E-state index in [2.05, 4.69) is 22.9 Å². The van der Waals surface area contributed by atoms with E-state index in [0.717, 1.165) is 61.7 Å². The van der Waals surface area contributed by atoms with Crippen LogP contribution in [0.2, 0.25) is 0 Å². The molecular formula is C28H35BrN2O3. The zero-order valence-electron chi connectivity index (χ0n) is 20.0. The fourth-order valence-corrected chi connectivity index (χ4v) is 6.10. The van der Waals surface area contributed by atoms with Crippen molar-refractivity contribution in [1.29, 1.82) is 0 Å². The molecule has 0 radical (unpaired) electrons. The van der Waals surface area contributed by atoms with Gasteiger partial charge in [0.2, 0.25) is 11.8 Å². The second-order valence-corrected chi connectivity index (χ2v) is 10.5. The first-order valence-corrected chi connectivity index (χ1v) is 13.4. The highest BCUT2D eigenvalue weighted by Gasteiger charge is 2.56. The van der Waals surface area contributed by atoms with Crippen LogP contribution < -0.4 is 0 Å². The Morgan fingerprint density at radius 2 is 1.82 bits per heavy atom. The van der Waals surface area contributed by atoms with Gasteiger partial charge in [0.1, 0.15) is 5.75 Å². The van der Waals surface area contributed by atoms with Crippen LogP contribution >= 0.6 is 15.9 Å². The Hall–Kier alpha value is -2.34. The number of hydrogen-bond acceptors (Lipinski definition) is 3. The van der Waals surface area contributed by atoms with Gasteiger partial charge in [0.15, 0.2) is 0 Å². The van der Waals surface area contributed by atoms with Gasteiger partial charge in [-0.25, -0.2) is 0 Å². The molecular weight excluding hydrogens is 492 g/mol. The van der Waals surface area contributed by atoms with Gasteiger partial charge in [-0.05, 0) is 49.4 Å². The standard InChI is InChI=1S/C28H35BrN2O3/c1-2-3-4-8-19-31-25(33)15-16-28(21-11-6-5-7-12-21,27(34)30-17-9-10-18-30)26(31)23-20-22(29)13-14-24(23)32/h5-7,11-14,20,26,32H,2-4,8-10,15-19H2,1H3. The minimum absolute atomic E-state index is 0.0571. The quantitative estimate of drug-likeness (QED) is 0.431. The molecule has 0 aliphatic carbocycles. The van der Waals surface area contributed by atoms with Crippen molar-refractivity contribution < 1.29 is 14.7 Å². The lowest BCUT2D eigenvalue weighted by atomic mass is 9.64. The average Bonchev–Trinajstić information content (AvgIpc) is 3.39. The van der Waals surface area contributed by atoms with Crippen molar-refractivity contribution in [3.05, 3.63) is 64.1 Å². The largest absolute Gasteiger partial charge is 0.508 e. The number of carbonyl (C=O) groups excluding carboxylic acids is 2. The molecule has 6 heteroatoms. The first-order chi connectivity index (χ1) is 16.5. The van der Waals surface area contributed by atoms with Crippen molar-refractivity contribution in [3.8, 4) is 5.75 Å². The maximum absolute atomic E-state index is 14.4. The number of piperidine rings is 1. The summed E-state index contributed by atoms with van der Waals surface area (Å²) in [5.74, 6) is 0.254. The number of likely N-dealkylation sites (tertiary alicyclic amines) is 2. The maximum Gasteiger partial charge on any atom is 0.235 e. The van der Waals surface area contributed by atoms with Gasteiger partial charge in [0.25, 0.3) is 0 Å². The number of hydrogen-bond donors (Lipinski definition) is 1. The first kappa shape index (κ1) is 24.8. The Morgan fingerprint density at radius 3 is 2.53 bits per heavy atom. The predicted octanol–water partition coefficient (Wildman–Crippen LogP) is 5.96. The zero-order valence-corrected chi connectivity index (χ0v) is 21.6. The molecule has 1 N–H and O–H groups in total. The van der Waals surface area contributed by atoms with Crippen LogP contribution in [0.25, 0.3) is 0 Å². The second kappa shape index (κ2) is 10.9. The van der Waals surface area contributed by atoms with Gasteiger partial charge >= 0.3 is 0 Å². The van der Waals surface area contributed by atoms with E-state index >= 15 is 0 Å². The summed E-state index contributed by atoms with van der Waals surface area (Å²) in [5.41, 5.74) is 0.611. The van der Waals surface area contributed by atoms with Crippen molar-refractivity contribution in [2.45, 2.75) is 69.7 Å². The third-order valence-electron chi connectivity index (χ3n) is 7.43. The number of benzene rings is 2. The fourth-order valence-electron chi connectivity index (χ4n) is 5.72. The Balaban J connectivity index is 1.89. The van der Waals surface area contributed by atoms with Gasteiger partial charge in [-0.1, -0.05) is 72.4 Å². The summed E-state index contributed by atoms with van der Waals surface area (Å²) in [6.07, 6.45) is 6.92. The molecule has 2 aliphatic rings. The Labute approximate surface area is 211 Å². The van der Waals surface area contributed by atoms with E-state index in [4.69, 9.17) is 0 Å². The molecule has 2 aliphatic heterocycles. The SMILES string of the molecule is CCCCCCN1C(=O)CCC(C(=O)N2CCCC2)(c2ccccc2)C1c1cc(Br)ccc1O. The van der Waals surface area contributed by atoms with E-state index in [0.29, 0.717) is 24.9 Å². The monoisotopic (exact) mass is 526 g/mol. The van der Waals surface area contributed by atoms with Crippen LogP contribution in [0.3, 0.4) is 0 Å². The van der Waals surface area contributed by atoms with Crippen molar-refractivity contribution in [2.24, 2.45) is 0 Å². The number of amides is 2. The van der Waals surface area contributed by atoms with Gasteiger partial charge in [0.05, 0.1) is 11.5 Å². The smallest absolute Gasteiger partial charge is 0.235 e. The van der Waals surface area contributed by atoms with Crippen LogP contribution in [0.1, 0.15) is 75.5 Å². The van der Waals surface area contributed by atoms with Crippen molar-refractivity contribution in [2.75, 3.05) is 19.6 Å². The maximum atomic E-state index is 14.4. The molecule has 0 saturated carbocycles. The van der Waals surface area contributed by atoms with Crippen LogP contribution in [-0.2, 0) is 15.0 Å². The van der Waals surface area contributed by atoms with Crippen LogP contribution in [0.4, 0.5) is 0 Å². The Bertz CT molecular complexity index is 1010. The number of carbonyl (C=O) groups is 2. The molecule has 0 aromatic heterocycles. The summed E-state index contributed by atoms with van der Waals surface area (Å²) in [5, 5.41) is 11.0. The predicted molar refractivity (Wildman–Crippen MR) is 138 cm³/mol. The minimum atomic E-state index is -0.942. The molecule has 0 spiro atoms. The molecule has 4 rings (SSSR count). The Morgan fingerprint density at radius 1 is 1.09 bits per heavy atom. The summed E-state index contributed by atoms with van der Waals surface area (Å²) in [7, 11) is 0. The molecule has 2 aromatic rings. The van der Waals surface area contributed by atoms with E-state index in [-0.39, 0.29) is 17.6 Å². The molecule has 2 heterocycles. The second-order valence-electron chi connectivity index (χ2n) is 9.59. The first-order valence-electron chi connectivity index (χ1n) is 12.6. The van der Waals surface area contributed by atoms with Crippen LogP contribution in [0.5, 0.6) is 5.75 Å². The molecule has 2 atom stereocenters. The third-order valence-corrected chi connectivity index (χ3v) is 7.93. The molecule has 2 aromatic carbocycles. The number of phenolic OH excluding ortho intramolecular Hbond substituents is 1. The average molecular weight is 528 g/mol. The lowest BCUT2D eigenvalue weighted by Gasteiger charge is -2.50. The number of aromatic hydroxyl groups is 1. The van der Waals surface area contributed by atoms with Gasteiger partial charge in [-0.3, -0.25) is 9.59 Å². The lowest BCUT2D eigenvalue weighted by molar-refractivity contribution is -0.151. The van der Waals surface area contributed by atoms with E-state index in [9.17, 15) is 14.7 Å².